The number of hydrogen-bond donors (Lipinski definition) is 0. The molecule has 29 heavy (non-hydrogen) atoms. The van der Waals surface area contributed by atoms with Crippen LogP contribution in [0.1, 0.15) is 35.7 Å². The second-order valence-corrected chi connectivity index (χ2v) is 9.41. The van der Waals surface area contributed by atoms with E-state index in [1.807, 2.05) is 37.3 Å². The van der Waals surface area contributed by atoms with Crippen molar-refractivity contribution in [3.8, 4) is 11.5 Å². The van der Waals surface area contributed by atoms with E-state index < -0.39 is 9.84 Å². The number of benzene rings is 2. The molecular formula is C22H27NO5S. The third-order valence-corrected chi connectivity index (χ3v) is 6.73. The number of carbonyl (C=O) groups is 1. The van der Waals surface area contributed by atoms with Gasteiger partial charge in [-0.15, -0.1) is 0 Å². The Bertz CT molecular complexity index is 957. The van der Waals surface area contributed by atoms with Crippen molar-refractivity contribution in [2.45, 2.75) is 32.4 Å². The summed E-state index contributed by atoms with van der Waals surface area (Å²) in [5.41, 5.74) is 1.34. The fraction of sp³-hybridized carbons (Fsp3) is 0.409. The molecule has 1 aliphatic heterocycles. The highest BCUT2D eigenvalue weighted by Crippen LogP contribution is 2.27. The minimum absolute atomic E-state index is 0.0132. The molecule has 0 radical (unpaired) electrons. The summed E-state index contributed by atoms with van der Waals surface area (Å²) in [5.74, 6) is 1.09. The number of carbonyl (C=O) groups excluding carboxylic acids is 1. The molecule has 0 aliphatic carbocycles. The molecule has 2 aromatic rings. The van der Waals surface area contributed by atoms with Crippen molar-refractivity contribution >= 4 is 15.7 Å². The van der Waals surface area contributed by atoms with Crippen LogP contribution in [0.3, 0.4) is 0 Å². The second kappa shape index (κ2) is 9.31. The van der Waals surface area contributed by atoms with Gasteiger partial charge in [-0.05, 0) is 42.7 Å². The van der Waals surface area contributed by atoms with Gasteiger partial charge < -0.3 is 14.4 Å². The topological polar surface area (TPSA) is 72.9 Å². The van der Waals surface area contributed by atoms with E-state index in [9.17, 15) is 13.2 Å². The van der Waals surface area contributed by atoms with E-state index in [1.165, 1.54) is 0 Å². The first kappa shape index (κ1) is 21.2. The monoisotopic (exact) mass is 417 g/mol. The molecule has 156 valence electrons. The van der Waals surface area contributed by atoms with Crippen LogP contribution in [0.5, 0.6) is 11.5 Å². The van der Waals surface area contributed by atoms with Crippen LogP contribution in [-0.4, -0.2) is 50.5 Å². The molecule has 0 spiro atoms. The Hall–Kier alpha value is -2.54. The molecule has 0 aromatic heterocycles. The second-order valence-electron chi connectivity index (χ2n) is 7.19. The van der Waals surface area contributed by atoms with Crippen molar-refractivity contribution in [3.63, 3.8) is 0 Å². The Balaban J connectivity index is 1.93. The van der Waals surface area contributed by atoms with Gasteiger partial charge in [-0.1, -0.05) is 31.2 Å². The maximum Gasteiger partial charge on any atom is 0.258 e. The number of hydrogen-bond acceptors (Lipinski definition) is 5. The van der Waals surface area contributed by atoms with Crippen molar-refractivity contribution in [1.82, 2.24) is 4.90 Å². The summed E-state index contributed by atoms with van der Waals surface area (Å²) in [7, 11) is -1.55. The molecule has 0 saturated carbocycles. The largest absolute Gasteiger partial charge is 0.497 e. The quantitative estimate of drug-likeness (QED) is 0.659. The normalized spacial score (nSPS) is 17.7. The van der Waals surface area contributed by atoms with Gasteiger partial charge in [0.2, 0.25) is 0 Å². The van der Waals surface area contributed by atoms with Gasteiger partial charge in [-0.2, -0.15) is 0 Å². The van der Waals surface area contributed by atoms with Gasteiger partial charge in [0.15, 0.2) is 9.84 Å². The minimum Gasteiger partial charge on any atom is -0.497 e. The molecule has 3 rings (SSSR count). The van der Waals surface area contributed by atoms with Gasteiger partial charge in [-0.25, -0.2) is 8.42 Å². The number of amides is 1. The zero-order chi connectivity index (χ0) is 20.9. The van der Waals surface area contributed by atoms with Gasteiger partial charge in [0.05, 0.1) is 30.8 Å². The lowest BCUT2D eigenvalue weighted by Gasteiger charge is -2.29. The first-order valence-electron chi connectivity index (χ1n) is 9.79. The highest BCUT2D eigenvalue weighted by atomic mass is 32.2. The maximum absolute atomic E-state index is 13.5. The van der Waals surface area contributed by atoms with Crippen LogP contribution in [0, 0.1) is 0 Å². The molecule has 2 aromatic carbocycles. The molecule has 1 heterocycles. The molecule has 7 heteroatoms. The van der Waals surface area contributed by atoms with Crippen LogP contribution in [-0.2, 0) is 16.4 Å². The molecule has 0 bridgehead atoms. The molecule has 1 saturated heterocycles. The van der Waals surface area contributed by atoms with Crippen LogP contribution in [0.4, 0.5) is 0 Å². The van der Waals surface area contributed by atoms with Crippen molar-refractivity contribution in [3.05, 3.63) is 59.7 Å². The number of methoxy groups -OCH3 is 1. The average molecular weight is 418 g/mol. The SMILES string of the molecule is CCCOc1ccccc1C(=O)N(Cc1cccc(OC)c1)[C@@H]1CCS(=O)(=O)C1. The van der Waals surface area contributed by atoms with Gasteiger partial charge in [0.25, 0.3) is 5.91 Å². The molecule has 1 atom stereocenters. The Morgan fingerprint density at radius 3 is 2.66 bits per heavy atom. The maximum atomic E-state index is 13.5. The van der Waals surface area contributed by atoms with Gasteiger partial charge in [-0.3, -0.25) is 4.79 Å². The zero-order valence-corrected chi connectivity index (χ0v) is 17.7. The van der Waals surface area contributed by atoms with E-state index in [2.05, 4.69) is 0 Å². The van der Waals surface area contributed by atoms with Crippen LogP contribution in [0.15, 0.2) is 48.5 Å². The zero-order valence-electron chi connectivity index (χ0n) is 16.8. The predicted octanol–water partition coefficient (Wildman–Crippen LogP) is 3.31. The molecule has 1 aliphatic rings. The summed E-state index contributed by atoms with van der Waals surface area (Å²) >= 11 is 0. The lowest BCUT2D eigenvalue weighted by molar-refractivity contribution is 0.0676. The van der Waals surface area contributed by atoms with Crippen molar-refractivity contribution in [2.24, 2.45) is 0 Å². The highest BCUT2D eigenvalue weighted by Gasteiger charge is 2.35. The summed E-state index contributed by atoms with van der Waals surface area (Å²) < 4.78 is 35.2. The van der Waals surface area contributed by atoms with Crippen LogP contribution >= 0.6 is 0 Å². The van der Waals surface area contributed by atoms with Crippen LogP contribution < -0.4 is 9.47 Å². The molecule has 0 N–H and O–H groups in total. The standard InChI is InChI=1S/C22H27NO5S/c1-3-12-28-21-10-5-4-9-20(21)22(24)23(18-11-13-29(25,26)16-18)15-17-7-6-8-19(14-17)27-2/h4-10,14,18H,3,11-13,15-16H2,1-2H3/t18-/m1/s1. The van der Waals surface area contributed by atoms with Crippen LogP contribution in [0.2, 0.25) is 0 Å². The molecule has 1 fully saturated rings. The van der Waals surface area contributed by atoms with E-state index >= 15 is 0 Å². The fourth-order valence-corrected chi connectivity index (χ4v) is 5.22. The van der Waals surface area contributed by atoms with Crippen molar-refractivity contribution < 1.29 is 22.7 Å². The van der Waals surface area contributed by atoms with E-state index in [0.717, 1.165) is 12.0 Å². The summed E-state index contributed by atoms with van der Waals surface area (Å²) in [6.07, 6.45) is 1.27. The lowest BCUT2D eigenvalue weighted by atomic mass is 10.1. The smallest absolute Gasteiger partial charge is 0.258 e. The molecular weight excluding hydrogens is 390 g/mol. The number of nitrogens with zero attached hydrogens (tertiary/aromatic N) is 1. The minimum atomic E-state index is -3.14. The predicted molar refractivity (Wildman–Crippen MR) is 112 cm³/mol. The highest BCUT2D eigenvalue weighted by molar-refractivity contribution is 7.91. The third kappa shape index (κ3) is 5.29. The fourth-order valence-electron chi connectivity index (χ4n) is 3.49. The number of rotatable bonds is 8. The lowest BCUT2D eigenvalue weighted by Crippen LogP contribution is -2.40. The van der Waals surface area contributed by atoms with E-state index in [4.69, 9.17) is 9.47 Å². The molecule has 6 nitrogen and oxygen atoms in total. The first-order chi connectivity index (χ1) is 13.9. The Morgan fingerprint density at radius 2 is 1.97 bits per heavy atom. The Kier molecular flexibility index (Phi) is 6.79. The van der Waals surface area contributed by atoms with Gasteiger partial charge in [0, 0.05) is 12.6 Å². The summed E-state index contributed by atoms with van der Waals surface area (Å²) in [6, 6.07) is 14.2. The number of para-hydroxylation sites is 1. The first-order valence-corrected chi connectivity index (χ1v) is 11.6. The summed E-state index contributed by atoms with van der Waals surface area (Å²) in [5, 5.41) is 0. The molecule has 1 amide bonds. The van der Waals surface area contributed by atoms with E-state index in [0.29, 0.717) is 36.6 Å². The summed E-state index contributed by atoms with van der Waals surface area (Å²) in [6.45, 7) is 2.82. The number of sulfone groups is 1. The van der Waals surface area contributed by atoms with E-state index in [-0.39, 0.29) is 23.5 Å². The van der Waals surface area contributed by atoms with Crippen LogP contribution in [0.25, 0.3) is 0 Å². The van der Waals surface area contributed by atoms with E-state index in [1.54, 1.807) is 30.2 Å². The average Bonchev–Trinajstić information content (AvgIpc) is 3.09. The number of ether oxygens (including phenoxy) is 2. The van der Waals surface area contributed by atoms with Gasteiger partial charge >= 0.3 is 0 Å². The third-order valence-electron chi connectivity index (χ3n) is 4.98. The summed E-state index contributed by atoms with van der Waals surface area (Å²) in [4.78, 5) is 15.2. The van der Waals surface area contributed by atoms with Crippen molar-refractivity contribution in [2.75, 3.05) is 25.2 Å². The molecule has 0 unspecified atom stereocenters. The Labute approximate surface area is 172 Å². The van der Waals surface area contributed by atoms with Crippen molar-refractivity contribution in [1.29, 1.82) is 0 Å². The Morgan fingerprint density at radius 1 is 1.17 bits per heavy atom. The van der Waals surface area contributed by atoms with Gasteiger partial charge in [0.1, 0.15) is 11.5 Å².